The molecule has 1 aromatic carbocycles. The first kappa shape index (κ1) is 15.1. The Morgan fingerprint density at radius 1 is 1.55 bits per heavy atom. The van der Waals surface area contributed by atoms with Crippen LogP contribution < -0.4 is 10.6 Å². The van der Waals surface area contributed by atoms with E-state index >= 15 is 0 Å². The van der Waals surface area contributed by atoms with Crippen LogP contribution in [0.1, 0.15) is 19.3 Å². The van der Waals surface area contributed by atoms with Crippen LogP contribution in [0.3, 0.4) is 0 Å². The second kappa shape index (κ2) is 6.90. The Morgan fingerprint density at radius 2 is 2.35 bits per heavy atom. The van der Waals surface area contributed by atoms with Gasteiger partial charge in [-0.25, -0.2) is 9.18 Å². The fourth-order valence-electron chi connectivity index (χ4n) is 2.45. The zero-order valence-corrected chi connectivity index (χ0v) is 12.2. The van der Waals surface area contributed by atoms with E-state index in [0.29, 0.717) is 17.6 Å². The third-order valence-corrected chi connectivity index (χ3v) is 3.85. The summed E-state index contributed by atoms with van der Waals surface area (Å²) < 4.78 is 13.5. The predicted molar refractivity (Wildman–Crippen MR) is 78.7 cm³/mol. The van der Waals surface area contributed by atoms with Gasteiger partial charge in [-0.3, -0.25) is 0 Å². The zero-order chi connectivity index (χ0) is 14.5. The van der Waals surface area contributed by atoms with Crippen LogP contribution in [0, 0.1) is 5.82 Å². The maximum atomic E-state index is 13.5. The Morgan fingerprint density at radius 3 is 3.00 bits per heavy atom. The summed E-state index contributed by atoms with van der Waals surface area (Å²) in [5.41, 5.74) is 0.130. The summed E-state index contributed by atoms with van der Waals surface area (Å²) in [5, 5.41) is 5.52. The average Bonchev–Trinajstić information content (AvgIpc) is 2.79. The van der Waals surface area contributed by atoms with Gasteiger partial charge >= 0.3 is 6.03 Å². The minimum absolute atomic E-state index is 0.130. The van der Waals surface area contributed by atoms with Gasteiger partial charge in [-0.05, 0) is 51.1 Å². The van der Waals surface area contributed by atoms with E-state index in [1.54, 1.807) is 0 Å². The first-order chi connectivity index (χ1) is 9.56. The van der Waals surface area contributed by atoms with Crippen LogP contribution in [-0.4, -0.2) is 37.1 Å². The van der Waals surface area contributed by atoms with Gasteiger partial charge in [-0.2, -0.15) is 0 Å². The van der Waals surface area contributed by atoms with Crippen molar-refractivity contribution in [3.8, 4) is 0 Å². The van der Waals surface area contributed by atoms with Gasteiger partial charge < -0.3 is 15.5 Å². The van der Waals surface area contributed by atoms with Crippen LogP contribution >= 0.6 is 11.6 Å². The fraction of sp³-hybridized carbons (Fsp3) is 0.500. The first-order valence-electron chi connectivity index (χ1n) is 6.76. The van der Waals surface area contributed by atoms with E-state index in [4.69, 9.17) is 11.6 Å². The number of rotatable bonds is 4. The number of likely N-dealkylation sites (tertiary alicyclic amines) is 1. The Hall–Kier alpha value is -1.33. The lowest BCUT2D eigenvalue weighted by Gasteiger charge is -2.19. The molecular formula is C14H19ClFN3O. The van der Waals surface area contributed by atoms with Crippen molar-refractivity contribution < 1.29 is 9.18 Å². The van der Waals surface area contributed by atoms with Crippen molar-refractivity contribution in [3.05, 3.63) is 29.0 Å². The molecule has 1 aliphatic heterocycles. The van der Waals surface area contributed by atoms with Gasteiger partial charge in [0.25, 0.3) is 0 Å². The monoisotopic (exact) mass is 299 g/mol. The molecule has 110 valence electrons. The van der Waals surface area contributed by atoms with Crippen LogP contribution in [0.5, 0.6) is 0 Å². The van der Waals surface area contributed by atoms with Crippen LogP contribution in [0.4, 0.5) is 14.9 Å². The molecule has 0 spiro atoms. The Balaban J connectivity index is 1.75. The van der Waals surface area contributed by atoms with E-state index in [1.165, 1.54) is 31.0 Å². The van der Waals surface area contributed by atoms with E-state index in [-0.39, 0.29) is 5.69 Å². The van der Waals surface area contributed by atoms with Crippen LogP contribution in [-0.2, 0) is 0 Å². The standard InChI is InChI=1S/C14H19ClFN3O/c1-19-8-2-3-11(19)6-7-17-14(20)18-13-5-4-10(15)9-12(13)16/h4-5,9,11H,2-3,6-8H2,1H3,(H2,17,18,20)/t11-/m1/s1. The summed E-state index contributed by atoms with van der Waals surface area (Å²) in [5.74, 6) is -0.539. The molecule has 0 radical (unpaired) electrons. The van der Waals surface area contributed by atoms with Crippen molar-refractivity contribution in [2.45, 2.75) is 25.3 Å². The molecule has 1 aromatic rings. The highest BCUT2D eigenvalue weighted by Gasteiger charge is 2.20. The summed E-state index contributed by atoms with van der Waals surface area (Å²) in [7, 11) is 2.10. The largest absolute Gasteiger partial charge is 0.338 e. The molecule has 20 heavy (non-hydrogen) atoms. The number of amides is 2. The molecule has 1 heterocycles. The summed E-state index contributed by atoms with van der Waals surface area (Å²) in [4.78, 5) is 14.0. The minimum Gasteiger partial charge on any atom is -0.338 e. The number of nitrogens with one attached hydrogen (secondary N) is 2. The highest BCUT2D eigenvalue weighted by atomic mass is 35.5. The second-order valence-corrected chi connectivity index (χ2v) is 5.51. The average molecular weight is 300 g/mol. The van der Waals surface area contributed by atoms with E-state index < -0.39 is 11.8 Å². The van der Waals surface area contributed by atoms with E-state index in [0.717, 1.165) is 13.0 Å². The molecule has 1 saturated heterocycles. The van der Waals surface area contributed by atoms with Crippen LogP contribution in [0.15, 0.2) is 18.2 Å². The summed E-state index contributed by atoms with van der Waals surface area (Å²) in [6.45, 7) is 1.70. The molecule has 1 aliphatic rings. The van der Waals surface area contributed by atoms with Gasteiger partial charge in [0.05, 0.1) is 5.69 Å². The van der Waals surface area contributed by atoms with Crippen molar-refractivity contribution in [1.29, 1.82) is 0 Å². The number of nitrogens with zero attached hydrogens (tertiary/aromatic N) is 1. The van der Waals surface area contributed by atoms with Gasteiger partial charge in [0.15, 0.2) is 0 Å². The van der Waals surface area contributed by atoms with E-state index in [9.17, 15) is 9.18 Å². The third-order valence-electron chi connectivity index (χ3n) is 3.61. The number of anilines is 1. The molecule has 2 N–H and O–H groups in total. The molecule has 6 heteroatoms. The molecule has 4 nitrogen and oxygen atoms in total. The second-order valence-electron chi connectivity index (χ2n) is 5.07. The maximum Gasteiger partial charge on any atom is 0.319 e. The lowest BCUT2D eigenvalue weighted by molar-refractivity contribution is 0.248. The molecule has 2 rings (SSSR count). The van der Waals surface area contributed by atoms with Crippen molar-refractivity contribution in [3.63, 3.8) is 0 Å². The molecular weight excluding hydrogens is 281 g/mol. The quantitative estimate of drug-likeness (QED) is 0.897. The Kier molecular flexibility index (Phi) is 5.20. The Labute approximate surface area is 123 Å². The highest BCUT2D eigenvalue weighted by molar-refractivity contribution is 6.30. The number of halogens is 2. The summed E-state index contributed by atoms with van der Waals surface area (Å²) in [6, 6.07) is 4.29. The molecule has 1 fully saturated rings. The van der Waals surface area contributed by atoms with Crippen molar-refractivity contribution in [2.75, 3.05) is 25.5 Å². The molecule has 0 aromatic heterocycles. The molecule has 0 unspecified atom stereocenters. The van der Waals surface area contributed by atoms with Gasteiger partial charge in [-0.15, -0.1) is 0 Å². The summed E-state index contributed by atoms with van der Waals surface area (Å²) >= 11 is 5.65. The number of hydrogen-bond donors (Lipinski definition) is 2. The van der Waals surface area contributed by atoms with Crippen molar-refractivity contribution in [2.24, 2.45) is 0 Å². The predicted octanol–water partition coefficient (Wildman–Crippen LogP) is 3.08. The SMILES string of the molecule is CN1CCC[C@@H]1CCNC(=O)Nc1ccc(Cl)cc1F. The highest BCUT2D eigenvalue weighted by Crippen LogP contribution is 2.19. The zero-order valence-electron chi connectivity index (χ0n) is 11.5. The molecule has 0 bridgehead atoms. The lowest BCUT2D eigenvalue weighted by atomic mass is 10.1. The van der Waals surface area contributed by atoms with E-state index in [2.05, 4.69) is 22.6 Å². The van der Waals surface area contributed by atoms with Gasteiger partial charge in [0, 0.05) is 17.6 Å². The van der Waals surface area contributed by atoms with Gasteiger partial charge in [-0.1, -0.05) is 11.6 Å². The minimum atomic E-state index is -0.539. The number of carbonyl (C=O) groups excluding carboxylic acids is 1. The smallest absolute Gasteiger partial charge is 0.319 e. The fourth-order valence-corrected chi connectivity index (χ4v) is 2.61. The number of carbonyl (C=O) groups is 1. The van der Waals surface area contributed by atoms with Crippen molar-refractivity contribution >= 4 is 23.3 Å². The third kappa shape index (κ3) is 4.08. The van der Waals surface area contributed by atoms with Crippen LogP contribution in [0.2, 0.25) is 5.02 Å². The molecule has 2 amide bonds. The Bertz CT molecular complexity index is 483. The maximum absolute atomic E-state index is 13.5. The molecule has 0 aliphatic carbocycles. The first-order valence-corrected chi connectivity index (χ1v) is 7.14. The van der Waals surface area contributed by atoms with Gasteiger partial charge in [0.2, 0.25) is 0 Å². The van der Waals surface area contributed by atoms with Gasteiger partial charge in [0.1, 0.15) is 5.82 Å². The number of benzene rings is 1. The summed E-state index contributed by atoms with van der Waals surface area (Å²) in [6.07, 6.45) is 3.29. The molecule has 1 atom stereocenters. The van der Waals surface area contributed by atoms with Crippen molar-refractivity contribution in [1.82, 2.24) is 10.2 Å². The molecule has 0 saturated carbocycles. The topological polar surface area (TPSA) is 44.4 Å². The number of hydrogen-bond acceptors (Lipinski definition) is 2. The normalized spacial score (nSPS) is 19.1. The number of urea groups is 1. The lowest BCUT2D eigenvalue weighted by Crippen LogP contribution is -2.34. The van der Waals surface area contributed by atoms with Crippen LogP contribution in [0.25, 0.3) is 0 Å². The van der Waals surface area contributed by atoms with E-state index in [1.807, 2.05) is 0 Å².